The van der Waals surface area contributed by atoms with Gasteiger partial charge in [-0.15, -0.1) is 0 Å². The van der Waals surface area contributed by atoms with Crippen LogP contribution in [0.1, 0.15) is 22.8 Å². The fraction of sp³-hybridized carbons (Fsp3) is 0.0833. The summed E-state index contributed by atoms with van der Waals surface area (Å²) in [5.74, 6) is 0.764. The third kappa shape index (κ3) is 2.23. The summed E-state index contributed by atoms with van der Waals surface area (Å²) in [5, 5.41) is 19.8. The topological polar surface area (TPSA) is 108 Å². The average Bonchev–Trinajstić information content (AvgIpc) is 3.34. The number of nitrogens with zero attached hydrogens (tertiary/aromatic N) is 8. The van der Waals surface area contributed by atoms with Crippen molar-refractivity contribution in [3.8, 4) is 17.8 Å². The minimum absolute atomic E-state index is 0.0149. The first-order chi connectivity index (χ1) is 15.6. The molecule has 32 heavy (non-hydrogen) atoms. The van der Waals surface area contributed by atoms with E-state index in [1.807, 2.05) is 83.5 Å². The first-order valence-electron chi connectivity index (χ1n) is 9.98. The molecule has 0 aliphatic heterocycles. The zero-order valence-electron chi connectivity index (χ0n) is 17.2. The summed E-state index contributed by atoms with van der Waals surface area (Å²) in [6.45, 7) is 3.94. The van der Waals surface area contributed by atoms with Gasteiger partial charge in [-0.25, -0.2) is 19.9 Å². The van der Waals surface area contributed by atoms with Crippen LogP contribution in [0.3, 0.4) is 0 Å². The maximum absolute atomic E-state index is 9.57. The Bertz CT molecular complexity index is 1830. The van der Waals surface area contributed by atoms with Crippen LogP contribution in [0.2, 0.25) is 0 Å². The predicted octanol–water partition coefficient (Wildman–Crippen LogP) is 4.13. The second-order valence-electron chi connectivity index (χ2n) is 7.56. The van der Waals surface area contributed by atoms with Gasteiger partial charge >= 0.3 is 0 Å². The van der Waals surface area contributed by atoms with Crippen LogP contribution in [0.25, 0.3) is 44.6 Å². The van der Waals surface area contributed by atoms with Crippen molar-refractivity contribution in [3.05, 3.63) is 71.3 Å². The number of hydrogen-bond donors (Lipinski definition) is 0. The van der Waals surface area contributed by atoms with E-state index in [-0.39, 0.29) is 11.4 Å². The van der Waals surface area contributed by atoms with E-state index in [2.05, 4.69) is 9.97 Å². The minimum atomic E-state index is -0.0151. The molecule has 0 saturated carbocycles. The average molecular weight is 414 g/mol. The predicted molar refractivity (Wildman–Crippen MR) is 119 cm³/mol. The summed E-state index contributed by atoms with van der Waals surface area (Å²) in [5.41, 5.74) is 5.92. The Kier molecular flexibility index (Phi) is 3.56. The molecule has 0 fully saturated rings. The van der Waals surface area contributed by atoms with Crippen LogP contribution in [-0.4, -0.2) is 28.9 Å². The number of benzene rings is 2. The van der Waals surface area contributed by atoms with Crippen molar-refractivity contribution in [1.29, 1.82) is 10.5 Å². The van der Waals surface area contributed by atoms with Crippen LogP contribution < -0.4 is 0 Å². The number of hydrogen-bond acceptors (Lipinski definition) is 6. The van der Waals surface area contributed by atoms with E-state index in [0.29, 0.717) is 27.8 Å². The highest BCUT2D eigenvalue weighted by Gasteiger charge is 2.24. The molecule has 4 aromatic heterocycles. The van der Waals surface area contributed by atoms with Crippen LogP contribution in [0.15, 0.2) is 48.5 Å². The maximum atomic E-state index is 9.57. The SMILES string of the molecule is Cc1ccccc1-n1c2nc(C#N)c(C#N)nc2c2c1nc(C)n1c3ccccc3nc21. The molecule has 0 aliphatic carbocycles. The second-order valence-corrected chi connectivity index (χ2v) is 7.56. The van der Waals surface area contributed by atoms with Gasteiger partial charge in [-0.2, -0.15) is 10.5 Å². The smallest absolute Gasteiger partial charge is 0.179 e. The highest BCUT2D eigenvalue weighted by molar-refractivity contribution is 6.12. The summed E-state index contributed by atoms with van der Waals surface area (Å²) < 4.78 is 3.90. The van der Waals surface area contributed by atoms with Crippen LogP contribution in [0, 0.1) is 36.5 Å². The van der Waals surface area contributed by atoms with E-state index < -0.39 is 0 Å². The summed E-state index contributed by atoms with van der Waals surface area (Å²) in [6, 6.07) is 19.7. The van der Waals surface area contributed by atoms with E-state index in [4.69, 9.17) is 9.97 Å². The Balaban J connectivity index is 1.94. The molecule has 2 aromatic carbocycles. The Hall–Kier alpha value is -4.82. The molecule has 0 N–H and O–H groups in total. The summed E-state index contributed by atoms with van der Waals surface area (Å²) in [7, 11) is 0. The monoisotopic (exact) mass is 414 g/mol. The van der Waals surface area contributed by atoms with Crippen LogP contribution in [0.4, 0.5) is 0 Å². The van der Waals surface area contributed by atoms with E-state index in [1.54, 1.807) is 0 Å². The van der Waals surface area contributed by atoms with Gasteiger partial charge in [0.2, 0.25) is 0 Å². The fourth-order valence-corrected chi connectivity index (χ4v) is 4.30. The van der Waals surface area contributed by atoms with E-state index in [0.717, 1.165) is 28.1 Å². The van der Waals surface area contributed by atoms with Gasteiger partial charge in [0.25, 0.3) is 0 Å². The summed E-state index contributed by atoms with van der Waals surface area (Å²) in [6.07, 6.45) is 0. The molecule has 150 valence electrons. The number of aromatic nitrogens is 6. The van der Waals surface area contributed by atoms with Gasteiger partial charge in [0.1, 0.15) is 23.5 Å². The van der Waals surface area contributed by atoms with Gasteiger partial charge in [0, 0.05) is 0 Å². The highest BCUT2D eigenvalue weighted by Crippen LogP contribution is 2.34. The Labute approximate surface area is 181 Å². The molecule has 0 spiro atoms. The molecule has 8 heteroatoms. The summed E-state index contributed by atoms with van der Waals surface area (Å²) in [4.78, 5) is 18.9. The van der Waals surface area contributed by atoms with Crippen molar-refractivity contribution in [2.45, 2.75) is 13.8 Å². The number of para-hydroxylation sites is 3. The number of aryl methyl sites for hydroxylation is 2. The molecule has 6 rings (SSSR count). The van der Waals surface area contributed by atoms with Gasteiger partial charge in [-0.05, 0) is 37.6 Å². The van der Waals surface area contributed by atoms with Gasteiger partial charge in [0.05, 0.1) is 22.1 Å². The maximum Gasteiger partial charge on any atom is 0.179 e. The second kappa shape index (κ2) is 6.34. The zero-order chi connectivity index (χ0) is 22.0. The molecule has 4 heterocycles. The largest absolute Gasteiger partial charge is 0.280 e. The Morgan fingerprint density at radius 1 is 0.750 bits per heavy atom. The van der Waals surface area contributed by atoms with Gasteiger partial charge in [0.15, 0.2) is 28.3 Å². The molecule has 6 aromatic rings. The number of imidazole rings is 1. The Morgan fingerprint density at radius 2 is 1.47 bits per heavy atom. The standard InChI is InChI=1S/C24H14N8/c1-13-7-3-5-9-18(13)32-22-20(21-24(32)30-17(12-26)16(11-25)28-21)23-29-15-8-4-6-10-19(15)31(23)14(2)27-22/h3-10H,1-2H3. The third-order valence-electron chi connectivity index (χ3n) is 5.71. The lowest BCUT2D eigenvalue weighted by Crippen LogP contribution is -2.03. The van der Waals surface area contributed by atoms with Crippen LogP contribution in [-0.2, 0) is 0 Å². The lowest BCUT2D eigenvalue weighted by Gasteiger charge is -2.10. The minimum Gasteiger partial charge on any atom is -0.280 e. The quantitative estimate of drug-likeness (QED) is 0.400. The lowest BCUT2D eigenvalue weighted by atomic mass is 10.2. The highest BCUT2D eigenvalue weighted by atomic mass is 15.2. The molecule has 0 aliphatic rings. The van der Waals surface area contributed by atoms with Crippen molar-refractivity contribution in [1.82, 2.24) is 28.9 Å². The van der Waals surface area contributed by atoms with Crippen LogP contribution >= 0.6 is 0 Å². The zero-order valence-corrected chi connectivity index (χ0v) is 17.2. The van der Waals surface area contributed by atoms with Crippen molar-refractivity contribution in [3.63, 3.8) is 0 Å². The lowest BCUT2D eigenvalue weighted by molar-refractivity contribution is 1.00. The molecule has 0 amide bonds. The molecule has 0 saturated heterocycles. The van der Waals surface area contributed by atoms with E-state index in [1.165, 1.54) is 0 Å². The first kappa shape index (κ1) is 18.0. The van der Waals surface area contributed by atoms with E-state index >= 15 is 0 Å². The molecule has 8 nitrogen and oxygen atoms in total. The molecule has 0 unspecified atom stereocenters. The van der Waals surface area contributed by atoms with Gasteiger partial charge < -0.3 is 0 Å². The number of nitriles is 2. The van der Waals surface area contributed by atoms with Gasteiger partial charge in [-0.1, -0.05) is 30.3 Å². The third-order valence-corrected chi connectivity index (χ3v) is 5.71. The Morgan fingerprint density at radius 3 is 2.25 bits per heavy atom. The molecule has 0 atom stereocenters. The van der Waals surface area contributed by atoms with Crippen LogP contribution in [0.5, 0.6) is 0 Å². The van der Waals surface area contributed by atoms with Crippen molar-refractivity contribution >= 4 is 38.9 Å². The first-order valence-corrected chi connectivity index (χ1v) is 9.98. The summed E-state index contributed by atoms with van der Waals surface area (Å²) >= 11 is 0. The molecular formula is C24H14N8. The molecule has 0 radical (unpaired) electrons. The molecular weight excluding hydrogens is 400 g/mol. The fourth-order valence-electron chi connectivity index (χ4n) is 4.30. The van der Waals surface area contributed by atoms with Crippen molar-refractivity contribution in [2.75, 3.05) is 0 Å². The van der Waals surface area contributed by atoms with E-state index in [9.17, 15) is 10.5 Å². The van der Waals surface area contributed by atoms with Crippen molar-refractivity contribution < 1.29 is 0 Å². The number of rotatable bonds is 1. The molecule has 0 bridgehead atoms. The van der Waals surface area contributed by atoms with Crippen molar-refractivity contribution in [2.24, 2.45) is 0 Å². The van der Waals surface area contributed by atoms with Gasteiger partial charge in [-0.3, -0.25) is 8.97 Å². The number of fused-ring (bicyclic) bond motifs is 7. The normalized spacial score (nSPS) is 11.4.